The standard InChI is InChI=1S/C10H15N/c1-8(2)10-4-3-9(5-10,6-10)7-11/h8H,3-6H2,1-2H3. The molecule has 3 aliphatic rings. The fourth-order valence-electron chi connectivity index (χ4n) is 2.97. The summed E-state index contributed by atoms with van der Waals surface area (Å²) in [7, 11) is 0. The highest BCUT2D eigenvalue weighted by atomic mass is 14.7. The average Bonchev–Trinajstić information content (AvgIpc) is 2.39. The molecule has 2 bridgehead atoms. The number of hydrogen-bond donors (Lipinski definition) is 0. The Morgan fingerprint density at radius 3 is 2.18 bits per heavy atom. The predicted molar refractivity (Wildman–Crippen MR) is 43.8 cm³/mol. The molecule has 0 unspecified atom stereocenters. The van der Waals surface area contributed by atoms with Gasteiger partial charge in [0.25, 0.3) is 0 Å². The highest BCUT2D eigenvalue weighted by Crippen LogP contribution is 2.69. The summed E-state index contributed by atoms with van der Waals surface area (Å²) in [5.41, 5.74) is 0.708. The molecule has 0 aromatic rings. The Morgan fingerprint density at radius 2 is 1.91 bits per heavy atom. The lowest BCUT2D eigenvalue weighted by atomic mass is 9.56. The van der Waals surface area contributed by atoms with Crippen LogP contribution in [0.3, 0.4) is 0 Å². The summed E-state index contributed by atoms with van der Waals surface area (Å²) < 4.78 is 0. The molecular weight excluding hydrogens is 134 g/mol. The maximum atomic E-state index is 8.91. The maximum absolute atomic E-state index is 8.91. The van der Waals surface area contributed by atoms with Crippen LogP contribution in [0.25, 0.3) is 0 Å². The molecular formula is C10H15N. The van der Waals surface area contributed by atoms with Gasteiger partial charge in [0.05, 0.1) is 11.5 Å². The van der Waals surface area contributed by atoms with E-state index in [1.165, 1.54) is 25.7 Å². The predicted octanol–water partition coefficient (Wildman–Crippen LogP) is 2.73. The summed E-state index contributed by atoms with van der Waals surface area (Å²) in [5, 5.41) is 8.91. The molecule has 11 heavy (non-hydrogen) atoms. The normalized spacial score (nSPS) is 47.1. The molecule has 1 nitrogen and oxygen atoms in total. The van der Waals surface area contributed by atoms with Gasteiger partial charge in [0.2, 0.25) is 0 Å². The number of hydrogen-bond acceptors (Lipinski definition) is 1. The number of rotatable bonds is 1. The van der Waals surface area contributed by atoms with E-state index in [2.05, 4.69) is 19.9 Å². The molecule has 0 saturated heterocycles. The molecule has 3 rings (SSSR count). The van der Waals surface area contributed by atoms with Gasteiger partial charge in [0, 0.05) is 0 Å². The van der Waals surface area contributed by atoms with Crippen LogP contribution in [0.1, 0.15) is 39.5 Å². The van der Waals surface area contributed by atoms with Crippen molar-refractivity contribution in [1.29, 1.82) is 5.26 Å². The summed E-state index contributed by atoms with van der Waals surface area (Å²) in [6.45, 7) is 4.60. The third-order valence-electron chi connectivity index (χ3n) is 3.94. The summed E-state index contributed by atoms with van der Waals surface area (Å²) in [6.07, 6.45) is 4.85. The average molecular weight is 149 g/mol. The molecule has 0 spiro atoms. The van der Waals surface area contributed by atoms with E-state index in [0.29, 0.717) is 5.41 Å². The van der Waals surface area contributed by atoms with Gasteiger partial charge in [-0.2, -0.15) is 5.26 Å². The first-order valence-electron chi connectivity index (χ1n) is 4.54. The summed E-state index contributed by atoms with van der Waals surface area (Å²) >= 11 is 0. The van der Waals surface area contributed by atoms with E-state index in [1.54, 1.807) is 0 Å². The monoisotopic (exact) mass is 149 g/mol. The maximum Gasteiger partial charge on any atom is 0.0690 e. The molecule has 0 N–H and O–H groups in total. The molecule has 1 heteroatoms. The molecule has 0 atom stereocenters. The van der Waals surface area contributed by atoms with E-state index < -0.39 is 0 Å². The molecule has 3 aliphatic carbocycles. The van der Waals surface area contributed by atoms with Gasteiger partial charge in [-0.05, 0) is 37.0 Å². The number of nitriles is 1. The van der Waals surface area contributed by atoms with Gasteiger partial charge >= 0.3 is 0 Å². The van der Waals surface area contributed by atoms with Crippen molar-refractivity contribution >= 4 is 0 Å². The second-order valence-corrected chi connectivity index (χ2v) is 4.76. The molecule has 0 aromatic carbocycles. The zero-order valence-corrected chi connectivity index (χ0v) is 7.35. The lowest BCUT2D eigenvalue weighted by Crippen LogP contribution is -2.39. The zero-order valence-electron chi connectivity index (χ0n) is 7.35. The van der Waals surface area contributed by atoms with E-state index in [9.17, 15) is 0 Å². The van der Waals surface area contributed by atoms with Crippen LogP contribution in [-0.4, -0.2) is 0 Å². The smallest absolute Gasteiger partial charge is 0.0690 e. The first-order chi connectivity index (χ1) is 5.13. The van der Waals surface area contributed by atoms with Crippen molar-refractivity contribution in [3.05, 3.63) is 0 Å². The third-order valence-corrected chi connectivity index (χ3v) is 3.94. The second-order valence-electron chi connectivity index (χ2n) is 4.76. The highest BCUT2D eigenvalue weighted by molar-refractivity contribution is 5.20. The first kappa shape index (κ1) is 7.16. The van der Waals surface area contributed by atoms with Gasteiger partial charge in [-0.25, -0.2) is 0 Å². The van der Waals surface area contributed by atoms with Crippen LogP contribution in [0.5, 0.6) is 0 Å². The van der Waals surface area contributed by atoms with Crippen LogP contribution >= 0.6 is 0 Å². The Labute approximate surface area is 68.4 Å². The topological polar surface area (TPSA) is 23.8 Å². The third kappa shape index (κ3) is 0.704. The molecule has 3 saturated carbocycles. The highest BCUT2D eigenvalue weighted by Gasteiger charge is 2.61. The van der Waals surface area contributed by atoms with Crippen LogP contribution in [0.15, 0.2) is 0 Å². The lowest BCUT2D eigenvalue weighted by molar-refractivity contribution is 0.0421. The van der Waals surface area contributed by atoms with Crippen molar-refractivity contribution in [1.82, 2.24) is 0 Å². The zero-order chi connectivity index (χ0) is 8.11. The first-order valence-corrected chi connectivity index (χ1v) is 4.54. The van der Waals surface area contributed by atoms with Crippen LogP contribution in [0, 0.1) is 28.1 Å². The van der Waals surface area contributed by atoms with Crippen molar-refractivity contribution in [2.24, 2.45) is 16.7 Å². The molecule has 0 aliphatic heterocycles. The molecule has 3 fully saturated rings. The summed E-state index contributed by atoms with van der Waals surface area (Å²) in [6, 6.07) is 2.49. The van der Waals surface area contributed by atoms with Crippen molar-refractivity contribution in [3.8, 4) is 6.07 Å². The van der Waals surface area contributed by atoms with Gasteiger partial charge < -0.3 is 0 Å². The van der Waals surface area contributed by atoms with Crippen LogP contribution in [0.2, 0.25) is 0 Å². The Kier molecular flexibility index (Phi) is 1.17. The second kappa shape index (κ2) is 1.80. The Morgan fingerprint density at radius 1 is 1.27 bits per heavy atom. The van der Waals surface area contributed by atoms with Crippen molar-refractivity contribution < 1.29 is 0 Å². The van der Waals surface area contributed by atoms with E-state index >= 15 is 0 Å². The Balaban J connectivity index is 2.16. The molecule has 0 amide bonds. The van der Waals surface area contributed by atoms with Crippen molar-refractivity contribution in [2.45, 2.75) is 39.5 Å². The van der Waals surface area contributed by atoms with E-state index in [-0.39, 0.29) is 5.41 Å². The molecule has 0 radical (unpaired) electrons. The minimum absolute atomic E-state index is 0.129. The Bertz CT molecular complexity index is 216. The van der Waals surface area contributed by atoms with E-state index in [4.69, 9.17) is 5.26 Å². The fourth-order valence-corrected chi connectivity index (χ4v) is 2.97. The summed E-state index contributed by atoms with van der Waals surface area (Å²) in [4.78, 5) is 0. The van der Waals surface area contributed by atoms with Gasteiger partial charge in [-0.15, -0.1) is 0 Å². The quantitative estimate of drug-likeness (QED) is 0.562. The fraction of sp³-hybridized carbons (Fsp3) is 0.900. The van der Waals surface area contributed by atoms with Crippen molar-refractivity contribution in [3.63, 3.8) is 0 Å². The van der Waals surface area contributed by atoms with Gasteiger partial charge in [-0.3, -0.25) is 0 Å². The van der Waals surface area contributed by atoms with Crippen LogP contribution in [0.4, 0.5) is 0 Å². The lowest BCUT2D eigenvalue weighted by Gasteiger charge is -2.46. The van der Waals surface area contributed by atoms with Crippen LogP contribution < -0.4 is 0 Å². The van der Waals surface area contributed by atoms with Gasteiger partial charge in [-0.1, -0.05) is 13.8 Å². The number of nitrogens with zero attached hydrogens (tertiary/aromatic N) is 1. The minimum atomic E-state index is 0.129. The SMILES string of the molecule is CC(C)C12CCC(C#N)(C1)C2. The van der Waals surface area contributed by atoms with Gasteiger partial charge in [0.15, 0.2) is 0 Å². The van der Waals surface area contributed by atoms with E-state index in [0.717, 1.165) is 5.92 Å². The van der Waals surface area contributed by atoms with Crippen molar-refractivity contribution in [2.75, 3.05) is 0 Å². The van der Waals surface area contributed by atoms with E-state index in [1.807, 2.05) is 0 Å². The van der Waals surface area contributed by atoms with Gasteiger partial charge in [0.1, 0.15) is 0 Å². The Hall–Kier alpha value is -0.510. The van der Waals surface area contributed by atoms with Crippen LogP contribution in [-0.2, 0) is 0 Å². The molecule has 0 aromatic heterocycles. The molecule has 0 heterocycles. The minimum Gasteiger partial charge on any atom is -0.198 e. The largest absolute Gasteiger partial charge is 0.198 e. The number of fused-ring (bicyclic) bond motifs is 1. The summed E-state index contributed by atoms with van der Waals surface area (Å²) in [5.74, 6) is 0.784. The molecule has 60 valence electrons.